The molecule has 0 aliphatic heterocycles. The molecule has 0 atom stereocenters. The van der Waals surface area contributed by atoms with E-state index in [0.29, 0.717) is 11.8 Å². The number of benzene rings is 1. The van der Waals surface area contributed by atoms with Crippen molar-refractivity contribution in [2.24, 2.45) is 0 Å². The fourth-order valence-electron chi connectivity index (χ4n) is 1.41. The van der Waals surface area contributed by atoms with Crippen LogP contribution in [-0.4, -0.2) is 30.2 Å². The molecule has 0 fully saturated rings. The fourth-order valence-corrected chi connectivity index (χ4v) is 1.62. The van der Waals surface area contributed by atoms with Crippen molar-refractivity contribution in [1.29, 1.82) is 0 Å². The summed E-state index contributed by atoms with van der Waals surface area (Å²) in [6.07, 6.45) is 3.27. The van der Waals surface area contributed by atoms with Crippen molar-refractivity contribution >= 4 is 15.9 Å². The molecule has 0 aliphatic carbocycles. The Morgan fingerprint density at radius 2 is 1.72 bits per heavy atom. The minimum atomic E-state index is 0.382. The number of tetrazole rings is 1. The second-order valence-electron chi connectivity index (χ2n) is 3.47. The van der Waals surface area contributed by atoms with Gasteiger partial charge in [-0.25, -0.2) is 9.97 Å². The number of rotatable bonds is 2. The Balaban J connectivity index is 1.97. The van der Waals surface area contributed by atoms with Gasteiger partial charge in [0.1, 0.15) is 0 Å². The van der Waals surface area contributed by atoms with Crippen LogP contribution >= 0.6 is 15.9 Å². The lowest BCUT2D eigenvalue weighted by Gasteiger charge is -1.95. The first-order valence-electron chi connectivity index (χ1n) is 5.16. The summed E-state index contributed by atoms with van der Waals surface area (Å²) in [6, 6.07) is 9.62. The van der Waals surface area contributed by atoms with Crippen LogP contribution in [0.2, 0.25) is 0 Å². The maximum Gasteiger partial charge on any atom is 0.270 e. The van der Waals surface area contributed by atoms with Crippen LogP contribution in [-0.2, 0) is 0 Å². The zero-order chi connectivity index (χ0) is 12.4. The van der Waals surface area contributed by atoms with E-state index >= 15 is 0 Å². The summed E-state index contributed by atoms with van der Waals surface area (Å²) >= 11 is 3.27. The van der Waals surface area contributed by atoms with Gasteiger partial charge in [0.2, 0.25) is 5.82 Å². The third-order valence-corrected chi connectivity index (χ3v) is 2.64. The van der Waals surface area contributed by atoms with E-state index in [-0.39, 0.29) is 0 Å². The lowest BCUT2D eigenvalue weighted by atomic mass is 10.2. The average Bonchev–Trinajstić information content (AvgIpc) is 2.90. The van der Waals surface area contributed by atoms with Crippen molar-refractivity contribution in [3.63, 3.8) is 0 Å². The smallest absolute Gasteiger partial charge is 0.217 e. The van der Waals surface area contributed by atoms with Crippen LogP contribution in [0.4, 0.5) is 0 Å². The monoisotopic (exact) mass is 302 g/mol. The van der Waals surface area contributed by atoms with Crippen molar-refractivity contribution in [2.45, 2.75) is 0 Å². The normalized spacial score (nSPS) is 10.5. The molecule has 0 bridgehead atoms. The summed E-state index contributed by atoms with van der Waals surface area (Å²) in [6.45, 7) is 0. The topological polar surface area (TPSA) is 69.4 Å². The Morgan fingerprint density at radius 1 is 1.00 bits per heavy atom. The van der Waals surface area contributed by atoms with Gasteiger partial charge in [-0.2, -0.15) is 0 Å². The van der Waals surface area contributed by atoms with Crippen molar-refractivity contribution in [2.75, 3.05) is 0 Å². The van der Waals surface area contributed by atoms with Gasteiger partial charge in [0.25, 0.3) is 5.95 Å². The Morgan fingerprint density at radius 3 is 2.44 bits per heavy atom. The summed E-state index contributed by atoms with van der Waals surface area (Å²) in [4.78, 5) is 9.49. The summed E-state index contributed by atoms with van der Waals surface area (Å²) < 4.78 is 0.801. The standard InChI is InChI=1S/C11H7BrN6/c12-9-6-13-11(14-7-9)18-16-10(15-17-18)8-4-2-1-3-5-8/h1-7H. The molecule has 0 aliphatic rings. The van der Waals surface area contributed by atoms with Crippen molar-refractivity contribution in [3.05, 3.63) is 47.2 Å². The van der Waals surface area contributed by atoms with Gasteiger partial charge < -0.3 is 0 Å². The Hall–Kier alpha value is -2.15. The molecule has 88 valence electrons. The molecular formula is C11H7BrN6. The second kappa shape index (κ2) is 4.61. The summed E-state index contributed by atoms with van der Waals surface area (Å²) in [5.74, 6) is 0.926. The number of hydrogen-bond acceptors (Lipinski definition) is 5. The van der Waals surface area contributed by atoms with Crippen LogP contribution in [0.3, 0.4) is 0 Å². The molecule has 3 aromatic rings. The van der Waals surface area contributed by atoms with Gasteiger partial charge in [0.15, 0.2) is 0 Å². The van der Waals surface area contributed by atoms with Gasteiger partial charge in [-0.3, -0.25) is 0 Å². The molecule has 0 N–H and O–H groups in total. The Labute approximate surface area is 111 Å². The van der Waals surface area contributed by atoms with Crippen LogP contribution in [0.25, 0.3) is 17.3 Å². The van der Waals surface area contributed by atoms with E-state index in [1.807, 2.05) is 30.3 Å². The van der Waals surface area contributed by atoms with Crippen LogP contribution < -0.4 is 0 Å². The van der Waals surface area contributed by atoms with E-state index in [9.17, 15) is 0 Å². The first-order valence-corrected chi connectivity index (χ1v) is 5.95. The molecule has 2 heterocycles. The predicted octanol–water partition coefficient (Wildman–Crippen LogP) is 1.88. The van der Waals surface area contributed by atoms with Gasteiger partial charge in [-0.15, -0.1) is 10.2 Å². The average molecular weight is 303 g/mol. The highest BCUT2D eigenvalue weighted by Crippen LogP contribution is 2.13. The third kappa shape index (κ3) is 2.12. The predicted molar refractivity (Wildman–Crippen MR) is 67.9 cm³/mol. The quantitative estimate of drug-likeness (QED) is 0.723. The molecule has 7 heteroatoms. The van der Waals surface area contributed by atoms with Crippen molar-refractivity contribution in [1.82, 2.24) is 30.2 Å². The van der Waals surface area contributed by atoms with Gasteiger partial charge in [0, 0.05) is 18.0 Å². The van der Waals surface area contributed by atoms with E-state index in [2.05, 4.69) is 41.3 Å². The number of hydrogen-bond donors (Lipinski definition) is 0. The molecule has 1 aromatic carbocycles. The summed E-state index contributed by atoms with van der Waals surface area (Å²) in [5.41, 5.74) is 0.904. The molecule has 0 saturated carbocycles. The summed E-state index contributed by atoms with van der Waals surface area (Å²) in [7, 11) is 0. The van der Waals surface area contributed by atoms with E-state index in [1.54, 1.807) is 12.4 Å². The molecule has 0 spiro atoms. The maximum absolute atomic E-state index is 4.23. The SMILES string of the molecule is Brc1cnc(-n2nnc(-c3ccccc3)n2)nc1. The lowest BCUT2D eigenvalue weighted by molar-refractivity contribution is 0.677. The minimum Gasteiger partial charge on any atom is -0.217 e. The zero-order valence-electron chi connectivity index (χ0n) is 9.10. The fraction of sp³-hybridized carbons (Fsp3) is 0. The highest BCUT2D eigenvalue weighted by atomic mass is 79.9. The molecule has 3 rings (SSSR count). The first kappa shape index (κ1) is 11.0. The maximum atomic E-state index is 4.23. The molecular weight excluding hydrogens is 296 g/mol. The van der Waals surface area contributed by atoms with Crippen LogP contribution in [0.5, 0.6) is 0 Å². The molecule has 6 nitrogen and oxygen atoms in total. The van der Waals surface area contributed by atoms with Crippen LogP contribution in [0.1, 0.15) is 0 Å². The molecule has 0 amide bonds. The minimum absolute atomic E-state index is 0.382. The van der Waals surface area contributed by atoms with E-state index in [4.69, 9.17) is 0 Å². The largest absolute Gasteiger partial charge is 0.270 e. The molecule has 0 saturated heterocycles. The number of aromatic nitrogens is 6. The zero-order valence-corrected chi connectivity index (χ0v) is 10.7. The van der Waals surface area contributed by atoms with Crippen LogP contribution in [0, 0.1) is 0 Å². The van der Waals surface area contributed by atoms with Crippen LogP contribution in [0.15, 0.2) is 47.2 Å². The highest BCUT2D eigenvalue weighted by molar-refractivity contribution is 9.10. The van der Waals surface area contributed by atoms with E-state index in [1.165, 1.54) is 4.80 Å². The molecule has 2 aromatic heterocycles. The molecule has 0 unspecified atom stereocenters. The van der Waals surface area contributed by atoms with Crippen molar-refractivity contribution in [3.8, 4) is 17.3 Å². The summed E-state index contributed by atoms with van der Waals surface area (Å²) in [5, 5.41) is 12.1. The first-order chi connectivity index (χ1) is 8.83. The number of halogens is 1. The third-order valence-electron chi connectivity index (χ3n) is 2.23. The van der Waals surface area contributed by atoms with Gasteiger partial charge >= 0.3 is 0 Å². The number of nitrogens with zero attached hydrogens (tertiary/aromatic N) is 6. The van der Waals surface area contributed by atoms with E-state index < -0.39 is 0 Å². The Bertz CT molecular complexity index is 649. The lowest BCUT2D eigenvalue weighted by Crippen LogP contribution is -2.04. The van der Waals surface area contributed by atoms with E-state index in [0.717, 1.165) is 10.0 Å². The molecule has 0 radical (unpaired) electrons. The second-order valence-corrected chi connectivity index (χ2v) is 4.39. The van der Waals surface area contributed by atoms with Gasteiger partial charge in [-0.1, -0.05) is 35.1 Å². The highest BCUT2D eigenvalue weighted by Gasteiger charge is 2.08. The van der Waals surface area contributed by atoms with Gasteiger partial charge in [-0.05, 0) is 21.1 Å². The molecule has 18 heavy (non-hydrogen) atoms. The Kier molecular flexibility index (Phi) is 2.81. The van der Waals surface area contributed by atoms with Crippen molar-refractivity contribution < 1.29 is 0 Å². The van der Waals surface area contributed by atoms with Gasteiger partial charge in [0.05, 0.1) is 4.47 Å².